The van der Waals surface area contributed by atoms with Crippen molar-refractivity contribution in [2.75, 3.05) is 5.32 Å². The number of carbonyl (C=O) groups excluding carboxylic acids is 1. The monoisotopic (exact) mass is 474 g/mol. The van der Waals surface area contributed by atoms with Gasteiger partial charge in [-0.05, 0) is 49.4 Å². The number of aryl methyl sites for hydroxylation is 1. The van der Waals surface area contributed by atoms with Gasteiger partial charge in [0.05, 0.1) is 23.6 Å². The van der Waals surface area contributed by atoms with Crippen molar-refractivity contribution in [3.63, 3.8) is 0 Å². The molecule has 34 heavy (non-hydrogen) atoms. The fraction of sp³-hybridized carbons (Fsp3) is 0.296. The highest BCUT2D eigenvalue weighted by Crippen LogP contribution is 2.31. The number of furan rings is 1. The number of para-hydroxylation sites is 1. The highest BCUT2D eigenvalue weighted by atomic mass is 32.2. The molecule has 4 aromatic rings. The van der Waals surface area contributed by atoms with Crippen LogP contribution in [0, 0.1) is 6.92 Å². The van der Waals surface area contributed by atoms with Crippen molar-refractivity contribution in [3.05, 3.63) is 83.8 Å². The number of nitrogens with zero attached hydrogens (tertiary/aromatic N) is 3. The topological polar surface area (TPSA) is 73.0 Å². The van der Waals surface area contributed by atoms with Gasteiger partial charge in [-0.15, -0.1) is 10.2 Å². The zero-order valence-electron chi connectivity index (χ0n) is 20.0. The molecule has 176 valence electrons. The summed E-state index contributed by atoms with van der Waals surface area (Å²) < 4.78 is 7.56. The molecule has 0 aliphatic heterocycles. The van der Waals surface area contributed by atoms with Crippen LogP contribution >= 0.6 is 11.8 Å². The number of carbonyl (C=O) groups is 1. The molecular weight excluding hydrogens is 444 g/mol. The Labute approximate surface area is 204 Å². The van der Waals surface area contributed by atoms with Crippen molar-refractivity contribution in [3.8, 4) is 11.4 Å². The van der Waals surface area contributed by atoms with Crippen LogP contribution in [0.4, 0.5) is 5.69 Å². The van der Waals surface area contributed by atoms with E-state index < -0.39 is 0 Å². The molecule has 6 nitrogen and oxygen atoms in total. The van der Waals surface area contributed by atoms with Crippen LogP contribution in [0.25, 0.3) is 11.4 Å². The molecule has 0 saturated heterocycles. The van der Waals surface area contributed by atoms with E-state index in [-0.39, 0.29) is 11.2 Å². The van der Waals surface area contributed by atoms with Crippen LogP contribution in [0.15, 0.2) is 76.5 Å². The van der Waals surface area contributed by atoms with Crippen LogP contribution in [0.5, 0.6) is 0 Å². The maximum atomic E-state index is 13.1. The van der Waals surface area contributed by atoms with Crippen molar-refractivity contribution < 1.29 is 9.21 Å². The van der Waals surface area contributed by atoms with E-state index in [9.17, 15) is 4.79 Å². The average Bonchev–Trinajstić information content (AvgIpc) is 3.45. The van der Waals surface area contributed by atoms with Gasteiger partial charge in [0.1, 0.15) is 5.76 Å². The van der Waals surface area contributed by atoms with Gasteiger partial charge in [0.25, 0.3) is 0 Å². The molecule has 1 N–H and O–H groups in total. The molecule has 7 heteroatoms. The number of aromatic nitrogens is 3. The standard InChI is InChI=1S/C27H30N4O2S/c1-5-18(2)22-13-9-10-14-24(22)28-26(32)20(4)34-27-30-29-25(23-15-16-33-19(23)3)31(27)17-21-11-7-6-8-12-21/h6-16,18,20H,5,17H2,1-4H3,(H,28,32)/t18-,20-/m1/s1. The number of hydrogen-bond acceptors (Lipinski definition) is 5. The second kappa shape index (κ2) is 10.7. The minimum Gasteiger partial charge on any atom is -0.469 e. The lowest BCUT2D eigenvalue weighted by Gasteiger charge is -2.18. The second-order valence-corrected chi connectivity index (χ2v) is 9.72. The van der Waals surface area contributed by atoms with E-state index in [4.69, 9.17) is 4.42 Å². The first-order valence-electron chi connectivity index (χ1n) is 11.6. The Hall–Kier alpha value is -3.32. The van der Waals surface area contributed by atoms with Crippen LogP contribution in [-0.2, 0) is 11.3 Å². The number of anilines is 1. The van der Waals surface area contributed by atoms with Gasteiger partial charge in [-0.3, -0.25) is 9.36 Å². The maximum Gasteiger partial charge on any atom is 0.237 e. The zero-order valence-corrected chi connectivity index (χ0v) is 20.8. The van der Waals surface area contributed by atoms with Gasteiger partial charge in [-0.25, -0.2) is 0 Å². The molecule has 0 spiro atoms. The van der Waals surface area contributed by atoms with E-state index in [2.05, 4.69) is 52.1 Å². The first-order valence-corrected chi connectivity index (χ1v) is 12.4. The second-order valence-electron chi connectivity index (χ2n) is 8.41. The predicted molar refractivity (Wildman–Crippen MR) is 137 cm³/mol. The van der Waals surface area contributed by atoms with Crippen LogP contribution in [-0.4, -0.2) is 25.9 Å². The minimum absolute atomic E-state index is 0.0592. The third-order valence-electron chi connectivity index (χ3n) is 6.01. The van der Waals surface area contributed by atoms with E-state index in [1.165, 1.54) is 11.8 Å². The van der Waals surface area contributed by atoms with Crippen LogP contribution < -0.4 is 5.32 Å². The minimum atomic E-state index is -0.359. The summed E-state index contributed by atoms with van der Waals surface area (Å²) in [4.78, 5) is 13.1. The van der Waals surface area contributed by atoms with Gasteiger partial charge in [-0.1, -0.05) is 74.1 Å². The fourth-order valence-corrected chi connectivity index (χ4v) is 4.66. The molecule has 0 fully saturated rings. The lowest BCUT2D eigenvalue weighted by Crippen LogP contribution is -2.24. The van der Waals surface area contributed by atoms with Gasteiger partial charge >= 0.3 is 0 Å². The van der Waals surface area contributed by atoms with Crippen LogP contribution in [0.2, 0.25) is 0 Å². The summed E-state index contributed by atoms with van der Waals surface area (Å²) in [6.07, 6.45) is 2.67. The van der Waals surface area contributed by atoms with E-state index in [1.807, 2.05) is 56.3 Å². The summed E-state index contributed by atoms with van der Waals surface area (Å²) in [6.45, 7) is 8.74. The van der Waals surface area contributed by atoms with Crippen molar-refractivity contribution in [1.29, 1.82) is 0 Å². The van der Waals surface area contributed by atoms with Crippen LogP contribution in [0.1, 0.15) is 50.0 Å². The Morgan fingerprint density at radius 3 is 2.50 bits per heavy atom. The first-order chi connectivity index (χ1) is 16.5. The summed E-state index contributed by atoms with van der Waals surface area (Å²) in [6, 6.07) is 20.1. The molecule has 0 aliphatic carbocycles. The number of nitrogens with one attached hydrogen (secondary N) is 1. The lowest BCUT2D eigenvalue weighted by atomic mass is 9.97. The number of rotatable bonds is 9. The van der Waals surface area contributed by atoms with E-state index >= 15 is 0 Å². The average molecular weight is 475 g/mol. The lowest BCUT2D eigenvalue weighted by molar-refractivity contribution is -0.115. The molecule has 0 unspecified atom stereocenters. The molecule has 2 aromatic heterocycles. The van der Waals surface area contributed by atoms with E-state index in [0.29, 0.717) is 17.6 Å². The SMILES string of the molecule is CC[C@@H](C)c1ccccc1NC(=O)[C@@H](C)Sc1nnc(-c2ccoc2C)n1Cc1ccccc1. The van der Waals surface area contributed by atoms with Gasteiger partial charge in [0, 0.05) is 5.69 Å². The van der Waals surface area contributed by atoms with Crippen LogP contribution in [0.3, 0.4) is 0 Å². The number of thioether (sulfide) groups is 1. The largest absolute Gasteiger partial charge is 0.469 e. The van der Waals surface area contributed by atoms with Crippen molar-refractivity contribution in [1.82, 2.24) is 14.8 Å². The molecule has 4 rings (SSSR count). The molecule has 2 atom stereocenters. The third-order valence-corrected chi connectivity index (χ3v) is 7.09. The summed E-state index contributed by atoms with van der Waals surface area (Å²) in [7, 11) is 0. The quantitative estimate of drug-likeness (QED) is 0.279. The number of benzene rings is 2. The molecule has 0 aliphatic rings. The van der Waals surface area contributed by atoms with Gasteiger partial charge in [-0.2, -0.15) is 0 Å². The summed E-state index contributed by atoms with van der Waals surface area (Å²) >= 11 is 1.41. The normalized spacial score (nSPS) is 12.9. The fourth-order valence-electron chi connectivity index (χ4n) is 3.81. The summed E-state index contributed by atoms with van der Waals surface area (Å²) in [5, 5.41) is 12.4. The predicted octanol–water partition coefficient (Wildman–Crippen LogP) is 6.53. The Morgan fingerprint density at radius 2 is 1.79 bits per heavy atom. The van der Waals surface area contributed by atoms with Crippen molar-refractivity contribution in [2.45, 2.75) is 57.0 Å². The Kier molecular flexibility index (Phi) is 7.53. The third kappa shape index (κ3) is 5.25. The molecule has 2 heterocycles. The van der Waals surface area contributed by atoms with Crippen molar-refractivity contribution >= 4 is 23.4 Å². The number of hydrogen-bond donors (Lipinski definition) is 1. The Balaban J connectivity index is 1.58. The van der Waals surface area contributed by atoms with Gasteiger partial charge < -0.3 is 9.73 Å². The van der Waals surface area contributed by atoms with Gasteiger partial charge in [0.15, 0.2) is 11.0 Å². The number of amides is 1. The Bertz CT molecular complexity index is 1250. The van der Waals surface area contributed by atoms with E-state index in [0.717, 1.165) is 40.4 Å². The summed E-state index contributed by atoms with van der Waals surface area (Å²) in [5.41, 5.74) is 4.05. The highest BCUT2D eigenvalue weighted by Gasteiger charge is 2.23. The van der Waals surface area contributed by atoms with Crippen molar-refractivity contribution in [2.24, 2.45) is 0 Å². The molecule has 0 saturated carbocycles. The van der Waals surface area contributed by atoms with E-state index in [1.54, 1.807) is 6.26 Å². The molecule has 0 radical (unpaired) electrons. The summed E-state index contributed by atoms with van der Waals surface area (Å²) in [5.74, 6) is 1.82. The molecule has 1 amide bonds. The highest BCUT2D eigenvalue weighted by molar-refractivity contribution is 8.00. The Morgan fingerprint density at radius 1 is 1.06 bits per heavy atom. The molecular formula is C27H30N4O2S. The smallest absolute Gasteiger partial charge is 0.237 e. The molecule has 0 bridgehead atoms. The van der Waals surface area contributed by atoms with Gasteiger partial charge in [0.2, 0.25) is 5.91 Å². The zero-order chi connectivity index (χ0) is 24.1. The first kappa shape index (κ1) is 23.8. The molecule has 2 aromatic carbocycles. The maximum absolute atomic E-state index is 13.1.